The largest absolute Gasteiger partial charge is 0.440 e. The molecule has 1 fully saturated rings. The van der Waals surface area contributed by atoms with Crippen molar-refractivity contribution in [3.05, 3.63) is 60.0 Å². The fourth-order valence-electron chi connectivity index (χ4n) is 3.62. The molecule has 2 heterocycles. The van der Waals surface area contributed by atoms with Crippen LogP contribution in [0.3, 0.4) is 0 Å². The Hall–Kier alpha value is -2.92. The Morgan fingerprint density at radius 1 is 1.09 bits per heavy atom. The molecule has 0 radical (unpaired) electrons. The number of nitrogens with one attached hydrogen (secondary N) is 1. The second-order valence-corrected chi connectivity index (χ2v) is 9.46. The van der Waals surface area contributed by atoms with Crippen LogP contribution < -0.4 is 5.32 Å². The average molecular weight is 467 g/mol. The molecule has 4 rings (SSSR count). The molecule has 32 heavy (non-hydrogen) atoms. The minimum absolute atomic E-state index is 0.00792. The van der Waals surface area contributed by atoms with Gasteiger partial charge >= 0.3 is 6.18 Å². The van der Waals surface area contributed by atoms with E-state index in [0.29, 0.717) is 24.3 Å². The van der Waals surface area contributed by atoms with Crippen LogP contribution in [0.1, 0.15) is 35.0 Å². The fraction of sp³-hybridized carbons (Fsp3) is 0.333. The van der Waals surface area contributed by atoms with Crippen molar-refractivity contribution < 1.29 is 30.8 Å². The Bertz CT molecular complexity index is 1180. The van der Waals surface area contributed by atoms with Gasteiger partial charge in [-0.1, -0.05) is 12.1 Å². The van der Waals surface area contributed by atoms with Crippen molar-refractivity contribution >= 4 is 27.0 Å². The lowest BCUT2D eigenvalue weighted by molar-refractivity contribution is -0.123. The summed E-state index contributed by atoms with van der Waals surface area (Å²) >= 11 is 0. The van der Waals surface area contributed by atoms with Crippen molar-refractivity contribution in [3.8, 4) is 0 Å². The van der Waals surface area contributed by atoms with Gasteiger partial charge in [-0.2, -0.15) is 17.5 Å². The van der Waals surface area contributed by atoms with Gasteiger partial charge in [-0.15, -0.1) is 0 Å². The van der Waals surface area contributed by atoms with Crippen LogP contribution in [0.25, 0.3) is 11.1 Å². The van der Waals surface area contributed by atoms with Gasteiger partial charge in [0.05, 0.1) is 4.90 Å². The SMILES string of the molecule is O=C(NCC(F)(F)F)c1ccc(S(=O)(=O)N2CCC(c3nc4ccccc4o3)CC2)cc1. The lowest BCUT2D eigenvalue weighted by Gasteiger charge is -2.29. The minimum Gasteiger partial charge on any atom is -0.440 e. The molecule has 1 saturated heterocycles. The third kappa shape index (κ3) is 4.78. The summed E-state index contributed by atoms with van der Waals surface area (Å²) in [7, 11) is -3.80. The van der Waals surface area contributed by atoms with Gasteiger partial charge in [-0.25, -0.2) is 13.4 Å². The molecule has 0 atom stereocenters. The number of nitrogens with zero attached hydrogens (tertiary/aromatic N) is 2. The number of halogens is 3. The van der Waals surface area contributed by atoms with Crippen molar-refractivity contribution in [1.29, 1.82) is 0 Å². The first-order valence-electron chi connectivity index (χ1n) is 9.94. The summed E-state index contributed by atoms with van der Waals surface area (Å²) in [6.07, 6.45) is -3.43. The number of piperidine rings is 1. The van der Waals surface area contributed by atoms with E-state index in [-0.39, 0.29) is 29.5 Å². The van der Waals surface area contributed by atoms with Crippen molar-refractivity contribution in [3.63, 3.8) is 0 Å². The topological polar surface area (TPSA) is 92.5 Å². The first-order valence-corrected chi connectivity index (χ1v) is 11.4. The smallest absolute Gasteiger partial charge is 0.405 e. The first-order chi connectivity index (χ1) is 15.1. The number of carbonyl (C=O) groups is 1. The maximum Gasteiger partial charge on any atom is 0.405 e. The zero-order valence-corrected chi connectivity index (χ0v) is 17.6. The van der Waals surface area contributed by atoms with Crippen molar-refractivity contribution in [2.75, 3.05) is 19.6 Å². The van der Waals surface area contributed by atoms with Gasteiger partial charge in [0.2, 0.25) is 10.0 Å². The Labute approximate surface area is 182 Å². The van der Waals surface area contributed by atoms with E-state index >= 15 is 0 Å². The van der Waals surface area contributed by atoms with Crippen LogP contribution in [0.5, 0.6) is 0 Å². The third-order valence-corrected chi connectivity index (χ3v) is 7.23. The molecule has 0 saturated carbocycles. The number of hydrogen-bond donors (Lipinski definition) is 1. The minimum atomic E-state index is -4.52. The van der Waals surface area contributed by atoms with Crippen LogP contribution in [0, 0.1) is 0 Å². The number of amides is 1. The van der Waals surface area contributed by atoms with Crippen LogP contribution in [0.15, 0.2) is 57.8 Å². The van der Waals surface area contributed by atoms with Crippen molar-refractivity contribution in [2.24, 2.45) is 0 Å². The zero-order chi connectivity index (χ0) is 22.9. The van der Waals surface area contributed by atoms with E-state index in [2.05, 4.69) is 4.98 Å². The number of para-hydroxylation sites is 2. The van der Waals surface area contributed by atoms with Crippen LogP contribution in [0.2, 0.25) is 0 Å². The number of aromatic nitrogens is 1. The Morgan fingerprint density at radius 2 is 1.75 bits per heavy atom. The molecule has 1 aromatic heterocycles. The molecular formula is C21H20F3N3O4S. The predicted molar refractivity (Wildman–Crippen MR) is 110 cm³/mol. The van der Waals surface area contributed by atoms with Gasteiger partial charge in [0.25, 0.3) is 5.91 Å². The first kappa shape index (κ1) is 22.3. The molecule has 7 nitrogen and oxygen atoms in total. The monoisotopic (exact) mass is 467 g/mol. The lowest BCUT2D eigenvalue weighted by Crippen LogP contribution is -2.38. The van der Waals surface area contributed by atoms with Gasteiger partial charge < -0.3 is 9.73 Å². The molecule has 0 aliphatic carbocycles. The molecular weight excluding hydrogens is 447 g/mol. The molecule has 1 amide bonds. The van der Waals surface area contributed by atoms with E-state index in [4.69, 9.17) is 4.42 Å². The molecule has 0 bridgehead atoms. The molecule has 11 heteroatoms. The van der Waals surface area contributed by atoms with Gasteiger partial charge in [0, 0.05) is 24.6 Å². The van der Waals surface area contributed by atoms with Gasteiger partial charge in [-0.05, 0) is 49.2 Å². The Morgan fingerprint density at radius 3 is 2.38 bits per heavy atom. The number of fused-ring (bicyclic) bond motifs is 1. The van der Waals surface area contributed by atoms with E-state index in [1.807, 2.05) is 24.3 Å². The van der Waals surface area contributed by atoms with E-state index in [9.17, 15) is 26.4 Å². The number of hydrogen-bond acceptors (Lipinski definition) is 5. The summed E-state index contributed by atoms with van der Waals surface area (Å²) in [6.45, 7) is -0.903. The maximum absolute atomic E-state index is 12.9. The molecule has 170 valence electrons. The summed E-state index contributed by atoms with van der Waals surface area (Å²) < 4.78 is 69.8. The summed E-state index contributed by atoms with van der Waals surface area (Å²) in [6, 6.07) is 12.3. The lowest BCUT2D eigenvalue weighted by atomic mass is 9.98. The number of benzene rings is 2. The summed E-state index contributed by atoms with van der Waals surface area (Å²) in [5.74, 6) is -0.323. The number of carbonyl (C=O) groups excluding carboxylic acids is 1. The van der Waals surface area contributed by atoms with Crippen LogP contribution in [0.4, 0.5) is 13.2 Å². The summed E-state index contributed by atoms with van der Waals surface area (Å²) in [5.41, 5.74) is 1.40. The zero-order valence-electron chi connectivity index (χ0n) is 16.8. The summed E-state index contributed by atoms with van der Waals surface area (Å²) in [4.78, 5) is 16.3. The Balaban J connectivity index is 1.40. The van der Waals surface area contributed by atoms with Crippen molar-refractivity contribution in [1.82, 2.24) is 14.6 Å². The number of alkyl halides is 3. The van der Waals surface area contributed by atoms with Gasteiger partial charge in [0.1, 0.15) is 12.1 Å². The number of oxazole rings is 1. The second kappa shape index (κ2) is 8.55. The predicted octanol–water partition coefficient (Wildman–Crippen LogP) is 3.69. The second-order valence-electron chi connectivity index (χ2n) is 7.52. The fourth-order valence-corrected chi connectivity index (χ4v) is 5.09. The number of sulfonamides is 1. The van der Waals surface area contributed by atoms with Crippen LogP contribution >= 0.6 is 0 Å². The molecule has 0 unspecified atom stereocenters. The summed E-state index contributed by atoms with van der Waals surface area (Å²) in [5, 5.41) is 1.75. The van der Waals surface area contributed by atoms with E-state index < -0.39 is 28.7 Å². The normalized spacial score (nSPS) is 16.3. The van der Waals surface area contributed by atoms with E-state index in [1.54, 1.807) is 5.32 Å². The third-order valence-electron chi connectivity index (χ3n) is 5.32. The van der Waals surface area contributed by atoms with E-state index in [1.165, 1.54) is 28.6 Å². The molecule has 1 aliphatic rings. The highest BCUT2D eigenvalue weighted by molar-refractivity contribution is 7.89. The van der Waals surface area contributed by atoms with Gasteiger partial charge in [-0.3, -0.25) is 4.79 Å². The number of rotatable bonds is 5. The molecule has 1 N–H and O–H groups in total. The molecule has 2 aromatic carbocycles. The van der Waals surface area contributed by atoms with Crippen LogP contribution in [-0.2, 0) is 10.0 Å². The van der Waals surface area contributed by atoms with Crippen LogP contribution in [-0.4, -0.2) is 49.4 Å². The Kier molecular flexibility index (Phi) is 5.95. The highest BCUT2D eigenvalue weighted by Crippen LogP contribution is 2.32. The van der Waals surface area contributed by atoms with Crippen molar-refractivity contribution in [2.45, 2.75) is 29.8 Å². The quantitative estimate of drug-likeness (QED) is 0.618. The highest BCUT2D eigenvalue weighted by Gasteiger charge is 2.32. The maximum atomic E-state index is 12.9. The standard InChI is InChI=1S/C21H20F3N3O4S/c22-21(23,24)13-25-19(28)14-5-7-16(8-6-14)32(29,30)27-11-9-15(10-12-27)20-26-17-3-1-2-4-18(17)31-20/h1-8,15H,9-13H2,(H,25,28). The molecule has 3 aromatic rings. The van der Waals surface area contributed by atoms with Gasteiger partial charge in [0.15, 0.2) is 11.5 Å². The molecule has 1 aliphatic heterocycles. The average Bonchev–Trinajstić information content (AvgIpc) is 3.21. The molecule has 0 spiro atoms. The van der Waals surface area contributed by atoms with E-state index in [0.717, 1.165) is 5.52 Å². The highest BCUT2D eigenvalue weighted by atomic mass is 32.2.